The topological polar surface area (TPSA) is 72.0 Å². The number of aryl methyl sites for hydroxylation is 1. The first-order valence-electron chi connectivity index (χ1n) is 3.50. The van der Waals surface area contributed by atoms with Gasteiger partial charge in [-0.1, -0.05) is 0 Å². The Bertz CT molecular complexity index is 279. The van der Waals surface area contributed by atoms with E-state index in [1.54, 1.807) is 13.1 Å². The number of aliphatic hydroxyl groups is 1. The normalized spacial score (nSPS) is 13.0. The highest BCUT2D eigenvalue weighted by atomic mass is 79.9. The van der Waals surface area contributed by atoms with Crippen LogP contribution in [0.25, 0.3) is 0 Å². The van der Waals surface area contributed by atoms with Crippen LogP contribution in [0.2, 0.25) is 0 Å². The van der Waals surface area contributed by atoms with Crippen molar-refractivity contribution in [1.82, 2.24) is 9.97 Å². The van der Waals surface area contributed by atoms with Crippen LogP contribution in [-0.4, -0.2) is 21.7 Å². The van der Waals surface area contributed by atoms with Gasteiger partial charge >= 0.3 is 0 Å². The second kappa shape index (κ2) is 3.93. The van der Waals surface area contributed by atoms with Crippen LogP contribution in [0.1, 0.15) is 17.6 Å². The minimum atomic E-state index is -0.443. The first kappa shape index (κ1) is 9.57. The highest BCUT2D eigenvalue weighted by Gasteiger charge is 2.10. The lowest BCUT2D eigenvalue weighted by atomic mass is 10.2. The zero-order valence-electron chi connectivity index (χ0n) is 6.66. The Balaban J connectivity index is 3.04. The van der Waals surface area contributed by atoms with Crippen molar-refractivity contribution in [3.8, 4) is 0 Å². The van der Waals surface area contributed by atoms with Crippen LogP contribution >= 0.6 is 15.9 Å². The van der Waals surface area contributed by atoms with Crippen LogP contribution in [0.3, 0.4) is 0 Å². The molecular weight excluding hydrogens is 222 g/mol. The number of aliphatic hydroxyl groups excluding tert-OH is 1. The molecule has 0 bridgehead atoms. The molecule has 0 aliphatic rings. The Hall–Kier alpha value is -0.520. The van der Waals surface area contributed by atoms with Crippen LogP contribution in [0, 0.1) is 6.92 Å². The minimum Gasteiger partial charge on any atom is -0.394 e. The van der Waals surface area contributed by atoms with Gasteiger partial charge in [0.25, 0.3) is 0 Å². The standard InChI is InChI=1S/C7H10BrN3O/c1-4-10-2-5(8)7(11-4)6(9)3-12/h2,6,12H,3,9H2,1H3. The molecule has 1 aromatic heterocycles. The van der Waals surface area contributed by atoms with Crippen LogP contribution in [-0.2, 0) is 0 Å². The number of aromatic nitrogens is 2. The molecule has 5 heteroatoms. The van der Waals surface area contributed by atoms with Crippen molar-refractivity contribution in [3.63, 3.8) is 0 Å². The van der Waals surface area contributed by atoms with E-state index in [9.17, 15) is 0 Å². The molecular formula is C7H10BrN3O. The lowest BCUT2D eigenvalue weighted by Gasteiger charge is -2.09. The van der Waals surface area contributed by atoms with E-state index >= 15 is 0 Å². The SMILES string of the molecule is Cc1ncc(Br)c(C(N)CO)n1. The zero-order valence-corrected chi connectivity index (χ0v) is 8.24. The second-order valence-corrected chi connectivity index (χ2v) is 3.29. The van der Waals surface area contributed by atoms with E-state index in [-0.39, 0.29) is 6.61 Å². The molecule has 0 spiro atoms. The van der Waals surface area contributed by atoms with Crippen molar-refractivity contribution in [2.24, 2.45) is 5.73 Å². The van der Waals surface area contributed by atoms with Gasteiger partial charge in [-0.15, -0.1) is 0 Å². The van der Waals surface area contributed by atoms with Crippen molar-refractivity contribution < 1.29 is 5.11 Å². The first-order valence-corrected chi connectivity index (χ1v) is 4.30. The molecule has 12 heavy (non-hydrogen) atoms. The molecule has 3 N–H and O–H groups in total. The number of nitrogens with two attached hydrogens (primary N) is 1. The van der Waals surface area contributed by atoms with Crippen molar-refractivity contribution >= 4 is 15.9 Å². The van der Waals surface area contributed by atoms with E-state index in [2.05, 4.69) is 25.9 Å². The third-order valence-electron chi connectivity index (χ3n) is 1.44. The predicted molar refractivity (Wildman–Crippen MR) is 48.5 cm³/mol. The maximum atomic E-state index is 8.80. The van der Waals surface area contributed by atoms with Crippen LogP contribution in [0.4, 0.5) is 0 Å². The van der Waals surface area contributed by atoms with E-state index < -0.39 is 6.04 Å². The monoisotopic (exact) mass is 231 g/mol. The summed E-state index contributed by atoms with van der Waals surface area (Å²) in [5, 5.41) is 8.80. The molecule has 0 aliphatic heterocycles. The van der Waals surface area contributed by atoms with E-state index in [0.29, 0.717) is 11.5 Å². The Morgan fingerprint density at radius 2 is 2.42 bits per heavy atom. The van der Waals surface area contributed by atoms with E-state index in [4.69, 9.17) is 10.8 Å². The Morgan fingerprint density at radius 1 is 1.75 bits per heavy atom. The molecule has 0 radical (unpaired) electrons. The van der Waals surface area contributed by atoms with Crippen molar-refractivity contribution in [2.75, 3.05) is 6.61 Å². The summed E-state index contributed by atoms with van der Waals surface area (Å²) in [6, 6.07) is -0.443. The van der Waals surface area contributed by atoms with E-state index in [0.717, 1.165) is 4.47 Å². The molecule has 4 nitrogen and oxygen atoms in total. The van der Waals surface area contributed by atoms with Gasteiger partial charge in [0.2, 0.25) is 0 Å². The molecule has 1 aromatic rings. The van der Waals surface area contributed by atoms with Gasteiger partial charge in [-0.2, -0.15) is 0 Å². The second-order valence-electron chi connectivity index (χ2n) is 2.44. The number of nitrogens with zero attached hydrogens (tertiary/aromatic N) is 2. The summed E-state index contributed by atoms with van der Waals surface area (Å²) < 4.78 is 0.731. The lowest BCUT2D eigenvalue weighted by molar-refractivity contribution is 0.265. The number of rotatable bonds is 2. The summed E-state index contributed by atoms with van der Waals surface area (Å²) in [5.41, 5.74) is 6.24. The van der Waals surface area contributed by atoms with Crippen molar-refractivity contribution in [1.29, 1.82) is 0 Å². The van der Waals surface area contributed by atoms with Gasteiger partial charge in [0.15, 0.2) is 0 Å². The third kappa shape index (κ3) is 2.00. The highest BCUT2D eigenvalue weighted by molar-refractivity contribution is 9.10. The molecule has 0 fully saturated rings. The largest absolute Gasteiger partial charge is 0.394 e. The first-order chi connectivity index (χ1) is 5.65. The van der Waals surface area contributed by atoms with Gasteiger partial charge in [-0.3, -0.25) is 0 Å². The Labute approximate surface area is 79.0 Å². The Kier molecular flexibility index (Phi) is 3.13. The summed E-state index contributed by atoms with van der Waals surface area (Å²) in [7, 11) is 0. The molecule has 0 saturated heterocycles. The van der Waals surface area contributed by atoms with Crippen molar-refractivity contribution in [3.05, 3.63) is 22.2 Å². The minimum absolute atomic E-state index is 0.116. The molecule has 66 valence electrons. The fourth-order valence-electron chi connectivity index (χ4n) is 0.819. The average molecular weight is 232 g/mol. The van der Waals surface area contributed by atoms with Gasteiger partial charge in [-0.05, 0) is 22.9 Å². The molecule has 0 aliphatic carbocycles. The van der Waals surface area contributed by atoms with Gasteiger partial charge in [-0.25, -0.2) is 9.97 Å². The maximum absolute atomic E-state index is 8.80. The smallest absolute Gasteiger partial charge is 0.125 e. The van der Waals surface area contributed by atoms with Gasteiger partial charge in [0, 0.05) is 6.20 Å². The molecule has 1 unspecified atom stereocenters. The Morgan fingerprint density at radius 3 is 3.00 bits per heavy atom. The van der Waals surface area contributed by atoms with Gasteiger partial charge < -0.3 is 10.8 Å². The summed E-state index contributed by atoms with van der Waals surface area (Å²) in [5.74, 6) is 0.650. The zero-order chi connectivity index (χ0) is 9.14. The summed E-state index contributed by atoms with van der Waals surface area (Å²) in [4.78, 5) is 8.06. The number of halogens is 1. The summed E-state index contributed by atoms with van der Waals surface area (Å²) in [6.07, 6.45) is 1.63. The molecule has 0 aromatic carbocycles. The fourth-order valence-corrected chi connectivity index (χ4v) is 1.30. The van der Waals surface area contributed by atoms with E-state index in [1.807, 2.05) is 0 Å². The van der Waals surface area contributed by atoms with Crippen LogP contribution in [0.15, 0.2) is 10.7 Å². The third-order valence-corrected chi connectivity index (χ3v) is 2.05. The van der Waals surface area contributed by atoms with Gasteiger partial charge in [0.05, 0.1) is 22.8 Å². The maximum Gasteiger partial charge on any atom is 0.125 e. The molecule has 0 saturated carbocycles. The lowest BCUT2D eigenvalue weighted by Crippen LogP contribution is -2.17. The van der Waals surface area contributed by atoms with Crippen molar-refractivity contribution in [2.45, 2.75) is 13.0 Å². The fraction of sp³-hybridized carbons (Fsp3) is 0.429. The van der Waals surface area contributed by atoms with Gasteiger partial charge in [0.1, 0.15) is 5.82 Å². The quantitative estimate of drug-likeness (QED) is 0.780. The van der Waals surface area contributed by atoms with Crippen LogP contribution < -0.4 is 5.73 Å². The molecule has 1 rings (SSSR count). The molecule has 1 atom stereocenters. The number of hydrogen-bond donors (Lipinski definition) is 2. The average Bonchev–Trinajstić information content (AvgIpc) is 2.08. The summed E-state index contributed by atoms with van der Waals surface area (Å²) in [6.45, 7) is 1.66. The molecule has 1 heterocycles. The highest BCUT2D eigenvalue weighted by Crippen LogP contribution is 2.18. The summed E-state index contributed by atoms with van der Waals surface area (Å²) >= 11 is 3.26. The van der Waals surface area contributed by atoms with Crippen LogP contribution in [0.5, 0.6) is 0 Å². The predicted octanol–water partition coefficient (Wildman–Crippen LogP) is 0.540. The number of hydrogen-bond acceptors (Lipinski definition) is 4. The molecule has 0 amide bonds. The van der Waals surface area contributed by atoms with E-state index in [1.165, 1.54) is 0 Å².